The summed E-state index contributed by atoms with van der Waals surface area (Å²) >= 11 is 0. The number of nitrogens with zero attached hydrogens (tertiary/aromatic N) is 1. The van der Waals surface area contributed by atoms with E-state index < -0.39 is 35.0 Å². The fraction of sp³-hybridized carbons (Fsp3) is 0.500. The van der Waals surface area contributed by atoms with Crippen molar-refractivity contribution in [3.63, 3.8) is 0 Å². The first-order valence-electron chi connectivity index (χ1n) is 5.75. The van der Waals surface area contributed by atoms with Crippen LogP contribution in [0.15, 0.2) is 17.0 Å². The molecule has 3 nitrogen and oxygen atoms in total. The molecular weight excluding hydrogens is 298 g/mol. The second-order valence-electron chi connectivity index (χ2n) is 4.56. The summed E-state index contributed by atoms with van der Waals surface area (Å²) in [5, 5.41) is 0. The Bertz CT molecular complexity index is 573. The van der Waals surface area contributed by atoms with Crippen LogP contribution >= 0.6 is 0 Å². The molecular formula is C12H15F4NO2S. The van der Waals surface area contributed by atoms with Crippen LogP contribution in [-0.4, -0.2) is 32.5 Å². The van der Waals surface area contributed by atoms with E-state index in [2.05, 4.69) is 0 Å². The summed E-state index contributed by atoms with van der Waals surface area (Å²) in [6, 6.07) is 2.08. The van der Waals surface area contributed by atoms with E-state index in [1.54, 1.807) is 0 Å². The van der Waals surface area contributed by atoms with E-state index in [-0.39, 0.29) is 16.0 Å². The summed E-state index contributed by atoms with van der Waals surface area (Å²) in [6.07, 6.45) is -5.67. The molecule has 0 aromatic heterocycles. The molecule has 0 saturated heterocycles. The lowest BCUT2D eigenvalue weighted by Crippen LogP contribution is -2.31. The summed E-state index contributed by atoms with van der Waals surface area (Å²) in [6.45, 7) is 2.13. The van der Waals surface area contributed by atoms with Gasteiger partial charge in [0.25, 0.3) is 0 Å². The van der Waals surface area contributed by atoms with Crippen LogP contribution in [0.2, 0.25) is 0 Å². The third-order valence-corrected chi connectivity index (χ3v) is 4.97. The van der Waals surface area contributed by atoms with Crippen molar-refractivity contribution in [2.24, 2.45) is 0 Å². The number of hydrogen-bond donors (Lipinski definition) is 0. The highest BCUT2D eigenvalue weighted by molar-refractivity contribution is 7.89. The van der Waals surface area contributed by atoms with Gasteiger partial charge in [-0.3, -0.25) is 0 Å². The lowest BCUT2D eigenvalue weighted by atomic mass is 10.1. The van der Waals surface area contributed by atoms with Crippen LogP contribution in [0.3, 0.4) is 0 Å². The zero-order chi connectivity index (χ0) is 15.7. The first-order chi connectivity index (χ1) is 8.95. The molecule has 20 heavy (non-hydrogen) atoms. The zero-order valence-electron chi connectivity index (χ0n) is 11.3. The van der Waals surface area contributed by atoms with Gasteiger partial charge in [0.15, 0.2) is 0 Å². The fourth-order valence-corrected chi connectivity index (χ4v) is 3.44. The van der Waals surface area contributed by atoms with Crippen LogP contribution < -0.4 is 0 Å². The van der Waals surface area contributed by atoms with E-state index in [1.807, 2.05) is 0 Å². The van der Waals surface area contributed by atoms with Crippen molar-refractivity contribution in [1.82, 2.24) is 4.31 Å². The Balaban J connectivity index is 3.11. The van der Waals surface area contributed by atoms with Crippen LogP contribution in [0, 0.1) is 19.7 Å². The molecule has 0 atom stereocenters. The molecule has 0 saturated carbocycles. The summed E-state index contributed by atoms with van der Waals surface area (Å²) in [5.74, 6) is -0.586. The van der Waals surface area contributed by atoms with Gasteiger partial charge in [-0.05, 0) is 37.1 Å². The van der Waals surface area contributed by atoms with Crippen molar-refractivity contribution in [3.05, 3.63) is 29.1 Å². The van der Waals surface area contributed by atoms with Crippen LogP contribution in [-0.2, 0) is 10.0 Å². The topological polar surface area (TPSA) is 37.4 Å². The molecule has 0 fully saturated rings. The molecule has 0 spiro atoms. The molecule has 0 radical (unpaired) electrons. The largest absolute Gasteiger partial charge is 0.390 e. The Morgan fingerprint density at radius 1 is 1.15 bits per heavy atom. The van der Waals surface area contributed by atoms with Crippen molar-refractivity contribution in [2.75, 3.05) is 13.6 Å². The summed E-state index contributed by atoms with van der Waals surface area (Å²) in [7, 11) is -3.00. The Morgan fingerprint density at radius 3 is 2.00 bits per heavy atom. The molecule has 0 bridgehead atoms. The molecule has 1 aromatic carbocycles. The van der Waals surface area contributed by atoms with Crippen LogP contribution in [0.4, 0.5) is 17.6 Å². The SMILES string of the molecule is Cc1cc(F)cc(C)c1S(=O)(=O)N(C)CCC(F)(F)F. The predicted molar refractivity (Wildman–Crippen MR) is 66.4 cm³/mol. The zero-order valence-corrected chi connectivity index (χ0v) is 12.1. The van der Waals surface area contributed by atoms with E-state index in [9.17, 15) is 26.0 Å². The van der Waals surface area contributed by atoms with Crippen LogP contribution in [0.25, 0.3) is 0 Å². The minimum absolute atomic E-state index is 0.149. The normalized spacial score (nSPS) is 13.0. The Morgan fingerprint density at radius 2 is 1.60 bits per heavy atom. The molecule has 1 rings (SSSR count). The lowest BCUT2D eigenvalue weighted by molar-refractivity contribution is -0.135. The molecule has 0 aliphatic carbocycles. The highest BCUT2D eigenvalue weighted by Gasteiger charge is 2.31. The molecule has 0 N–H and O–H groups in total. The van der Waals surface area contributed by atoms with Crippen LogP contribution in [0.1, 0.15) is 17.5 Å². The average Bonchev–Trinajstić information content (AvgIpc) is 2.22. The summed E-state index contributed by atoms with van der Waals surface area (Å²) in [4.78, 5) is -0.149. The molecule has 8 heteroatoms. The maximum Gasteiger partial charge on any atom is 0.390 e. The Kier molecular flexibility index (Phi) is 4.81. The van der Waals surface area contributed by atoms with Gasteiger partial charge in [-0.2, -0.15) is 13.2 Å². The third-order valence-electron chi connectivity index (χ3n) is 2.80. The maximum absolute atomic E-state index is 13.1. The van der Waals surface area contributed by atoms with Gasteiger partial charge in [0.1, 0.15) is 5.82 Å². The third kappa shape index (κ3) is 3.92. The van der Waals surface area contributed by atoms with Gasteiger partial charge in [-0.1, -0.05) is 0 Å². The lowest BCUT2D eigenvalue weighted by Gasteiger charge is -2.20. The van der Waals surface area contributed by atoms with Crippen LogP contribution in [0.5, 0.6) is 0 Å². The van der Waals surface area contributed by atoms with Gasteiger partial charge in [0.2, 0.25) is 10.0 Å². The predicted octanol–water partition coefficient (Wildman–Crippen LogP) is 3.02. The fourth-order valence-electron chi connectivity index (χ4n) is 1.86. The van der Waals surface area contributed by atoms with Gasteiger partial charge >= 0.3 is 6.18 Å². The van der Waals surface area contributed by atoms with Gasteiger partial charge in [-0.25, -0.2) is 17.1 Å². The molecule has 0 aliphatic rings. The van der Waals surface area contributed by atoms with Gasteiger partial charge in [-0.15, -0.1) is 0 Å². The number of alkyl halides is 3. The first-order valence-corrected chi connectivity index (χ1v) is 7.19. The van der Waals surface area contributed by atoms with E-state index in [1.165, 1.54) is 13.8 Å². The molecule has 0 unspecified atom stereocenters. The Hall–Kier alpha value is -1.15. The van der Waals surface area contributed by atoms with Gasteiger partial charge in [0, 0.05) is 13.6 Å². The molecule has 0 aliphatic heterocycles. The quantitative estimate of drug-likeness (QED) is 0.801. The number of benzene rings is 1. The minimum atomic E-state index is -4.43. The van der Waals surface area contributed by atoms with Crippen molar-refractivity contribution in [2.45, 2.75) is 31.3 Å². The number of aryl methyl sites for hydroxylation is 2. The van der Waals surface area contributed by atoms with Crippen molar-refractivity contribution >= 4 is 10.0 Å². The average molecular weight is 313 g/mol. The number of hydrogen-bond acceptors (Lipinski definition) is 2. The second kappa shape index (κ2) is 5.69. The standard InChI is InChI=1S/C12H15F4NO2S/c1-8-6-10(13)7-9(2)11(8)20(18,19)17(3)5-4-12(14,15)16/h6-7H,4-5H2,1-3H3. The number of halogens is 4. The van der Waals surface area contributed by atoms with E-state index in [4.69, 9.17) is 0 Å². The summed E-state index contributed by atoms with van der Waals surface area (Å²) < 4.78 is 74.7. The van der Waals surface area contributed by atoms with Gasteiger partial charge < -0.3 is 0 Å². The van der Waals surface area contributed by atoms with Gasteiger partial charge in [0.05, 0.1) is 11.3 Å². The van der Waals surface area contributed by atoms with E-state index in [0.717, 1.165) is 19.2 Å². The highest BCUT2D eigenvalue weighted by atomic mass is 32.2. The smallest absolute Gasteiger partial charge is 0.207 e. The molecule has 114 valence electrons. The second-order valence-corrected chi connectivity index (χ2v) is 6.54. The Labute approximate surface area is 115 Å². The first kappa shape index (κ1) is 16.9. The summed E-state index contributed by atoms with van der Waals surface area (Å²) in [5.41, 5.74) is 0.336. The molecule has 0 heterocycles. The van der Waals surface area contributed by atoms with E-state index in [0.29, 0.717) is 4.31 Å². The number of sulfonamides is 1. The minimum Gasteiger partial charge on any atom is -0.207 e. The van der Waals surface area contributed by atoms with Crippen molar-refractivity contribution in [3.8, 4) is 0 Å². The van der Waals surface area contributed by atoms with E-state index >= 15 is 0 Å². The molecule has 1 aromatic rings. The maximum atomic E-state index is 13.1. The van der Waals surface area contributed by atoms with Crippen molar-refractivity contribution < 1.29 is 26.0 Å². The molecule has 0 amide bonds. The number of rotatable bonds is 4. The monoisotopic (exact) mass is 313 g/mol. The van der Waals surface area contributed by atoms with Crippen molar-refractivity contribution in [1.29, 1.82) is 0 Å². The highest BCUT2D eigenvalue weighted by Crippen LogP contribution is 2.26.